The first-order valence-electron chi connectivity index (χ1n) is 5.53. The SMILES string of the molecule is NC(=S)c1cc(COc2ccc(F)cc2)ccc1F. The number of thiocarbonyl (C=S) groups is 1. The molecule has 5 heteroatoms. The maximum Gasteiger partial charge on any atom is 0.133 e. The van der Waals surface area contributed by atoms with Gasteiger partial charge < -0.3 is 10.5 Å². The fourth-order valence-electron chi connectivity index (χ4n) is 1.55. The molecule has 0 bridgehead atoms. The van der Waals surface area contributed by atoms with Crippen molar-refractivity contribution in [3.63, 3.8) is 0 Å². The minimum absolute atomic E-state index is 0.00105. The highest BCUT2D eigenvalue weighted by atomic mass is 32.1. The van der Waals surface area contributed by atoms with Crippen molar-refractivity contribution in [1.29, 1.82) is 0 Å². The van der Waals surface area contributed by atoms with Crippen molar-refractivity contribution in [2.24, 2.45) is 5.73 Å². The van der Waals surface area contributed by atoms with Crippen LogP contribution in [0.3, 0.4) is 0 Å². The van der Waals surface area contributed by atoms with Gasteiger partial charge in [-0.3, -0.25) is 0 Å². The van der Waals surface area contributed by atoms with Gasteiger partial charge in [0.15, 0.2) is 0 Å². The molecule has 19 heavy (non-hydrogen) atoms. The quantitative estimate of drug-likeness (QED) is 0.873. The summed E-state index contributed by atoms with van der Waals surface area (Å²) in [5.74, 6) is -0.259. The number of benzene rings is 2. The summed E-state index contributed by atoms with van der Waals surface area (Å²) >= 11 is 4.76. The van der Waals surface area contributed by atoms with E-state index in [1.807, 2.05) is 0 Å². The van der Waals surface area contributed by atoms with Crippen LogP contribution < -0.4 is 10.5 Å². The van der Waals surface area contributed by atoms with Crippen LogP contribution in [0.25, 0.3) is 0 Å². The Balaban J connectivity index is 2.09. The number of nitrogens with two attached hydrogens (primary N) is 1. The van der Waals surface area contributed by atoms with Gasteiger partial charge in [0.05, 0.1) is 0 Å². The molecule has 0 amide bonds. The van der Waals surface area contributed by atoms with E-state index in [0.29, 0.717) is 5.75 Å². The molecule has 0 aliphatic carbocycles. The van der Waals surface area contributed by atoms with Gasteiger partial charge in [-0.25, -0.2) is 8.78 Å². The smallest absolute Gasteiger partial charge is 0.133 e. The molecule has 0 atom stereocenters. The Morgan fingerprint density at radius 2 is 1.79 bits per heavy atom. The lowest BCUT2D eigenvalue weighted by Gasteiger charge is -2.08. The Hall–Kier alpha value is -2.01. The predicted octanol–water partition coefficient (Wildman–Crippen LogP) is 3.18. The number of halogens is 2. The molecule has 2 aromatic carbocycles. The Morgan fingerprint density at radius 3 is 2.42 bits per heavy atom. The highest BCUT2D eigenvalue weighted by Gasteiger charge is 2.06. The molecule has 0 spiro atoms. The molecule has 0 fully saturated rings. The molecule has 0 heterocycles. The molecular formula is C14H11F2NOS. The number of hydrogen-bond donors (Lipinski definition) is 1. The minimum Gasteiger partial charge on any atom is -0.489 e. The van der Waals surface area contributed by atoms with Gasteiger partial charge in [0, 0.05) is 5.56 Å². The van der Waals surface area contributed by atoms with Gasteiger partial charge in [-0.2, -0.15) is 0 Å². The third-order valence-electron chi connectivity index (χ3n) is 2.52. The van der Waals surface area contributed by atoms with Crippen LogP contribution in [0.5, 0.6) is 5.75 Å². The van der Waals surface area contributed by atoms with Gasteiger partial charge in [0.1, 0.15) is 29.0 Å². The summed E-state index contributed by atoms with van der Waals surface area (Å²) in [6.45, 7) is 0.224. The first-order chi connectivity index (χ1) is 9.06. The highest BCUT2D eigenvalue weighted by molar-refractivity contribution is 7.80. The summed E-state index contributed by atoms with van der Waals surface area (Å²) in [5.41, 5.74) is 6.34. The molecule has 0 aliphatic heterocycles. The van der Waals surface area contributed by atoms with Crippen LogP contribution in [0.4, 0.5) is 8.78 Å². The number of rotatable bonds is 4. The van der Waals surface area contributed by atoms with Crippen LogP contribution in [0.1, 0.15) is 11.1 Å². The Labute approximate surface area is 114 Å². The second kappa shape index (κ2) is 5.75. The van der Waals surface area contributed by atoms with Gasteiger partial charge in [0.25, 0.3) is 0 Å². The fourth-order valence-corrected chi connectivity index (χ4v) is 1.70. The topological polar surface area (TPSA) is 35.2 Å². The molecule has 0 unspecified atom stereocenters. The Morgan fingerprint density at radius 1 is 1.11 bits per heavy atom. The minimum atomic E-state index is -0.460. The van der Waals surface area contributed by atoms with Gasteiger partial charge in [-0.15, -0.1) is 0 Å². The average molecular weight is 279 g/mol. The van der Waals surface area contributed by atoms with Crippen LogP contribution in [0.15, 0.2) is 42.5 Å². The maximum atomic E-state index is 13.4. The van der Waals surface area contributed by atoms with E-state index >= 15 is 0 Å². The van der Waals surface area contributed by atoms with Crippen LogP contribution in [0.2, 0.25) is 0 Å². The van der Waals surface area contributed by atoms with E-state index < -0.39 is 5.82 Å². The van der Waals surface area contributed by atoms with Crippen LogP contribution >= 0.6 is 12.2 Å². The average Bonchev–Trinajstić information content (AvgIpc) is 2.39. The predicted molar refractivity (Wildman–Crippen MR) is 73.0 cm³/mol. The van der Waals surface area contributed by atoms with E-state index in [-0.39, 0.29) is 23.0 Å². The normalized spacial score (nSPS) is 10.2. The molecule has 0 aliphatic rings. The zero-order valence-corrected chi connectivity index (χ0v) is 10.7. The van der Waals surface area contributed by atoms with Gasteiger partial charge in [-0.05, 0) is 42.0 Å². The zero-order chi connectivity index (χ0) is 13.8. The van der Waals surface area contributed by atoms with Crippen molar-refractivity contribution in [3.8, 4) is 5.75 Å². The lowest BCUT2D eigenvalue weighted by Crippen LogP contribution is -2.12. The molecule has 0 saturated heterocycles. The van der Waals surface area contributed by atoms with E-state index in [1.54, 1.807) is 12.1 Å². The number of ether oxygens (including phenoxy) is 1. The lowest BCUT2D eigenvalue weighted by molar-refractivity contribution is 0.305. The van der Waals surface area contributed by atoms with Crippen molar-refractivity contribution < 1.29 is 13.5 Å². The van der Waals surface area contributed by atoms with Crippen LogP contribution in [-0.2, 0) is 6.61 Å². The monoisotopic (exact) mass is 279 g/mol. The van der Waals surface area contributed by atoms with E-state index in [9.17, 15) is 8.78 Å². The highest BCUT2D eigenvalue weighted by Crippen LogP contribution is 2.15. The van der Waals surface area contributed by atoms with Crippen LogP contribution in [0, 0.1) is 11.6 Å². The van der Waals surface area contributed by atoms with Gasteiger partial charge in [-0.1, -0.05) is 18.3 Å². The summed E-state index contributed by atoms with van der Waals surface area (Å²) in [7, 11) is 0. The van der Waals surface area contributed by atoms with E-state index in [4.69, 9.17) is 22.7 Å². The lowest BCUT2D eigenvalue weighted by atomic mass is 10.1. The summed E-state index contributed by atoms with van der Waals surface area (Å²) < 4.78 is 31.5. The maximum absolute atomic E-state index is 13.4. The Bertz CT molecular complexity index is 599. The van der Waals surface area contributed by atoms with Crippen molar-refractivity contribution in [3.05, 3.63) is 65.2 Å². The Kier molecular flexibility index (Phi) is 4.06. The summed E-state index contributed by atoms with van der Waals surface area (Å²) in [5, 5.41) is 0. The van der Waals surface area contributed by atoms with E-state index in [0.717, 1.165) is 5.56 Å². The second-order valence-corrected chi connectivity index (χ2v) is 4.36. The first-order valence-corrected chi connectivity index (χ1v) is 5.93. The van der Waals surface area contributed by atoms with Crippen molar-refractivity contribution in [2.75, 3.05) is 0 Å². The van der Waals surface area contributed by atoms with E-state index in [2.05, 4.69) is 0 Å². The van der Waals surface area contributed by atoms with Gasteiger partial charge >= 0.3 is 0 Å². The van der Waals surface area contributed by atoms with E-state index in [1.165, 1.54) is 30.3 Å². The largest absolute Gasteiger partial charge is 0.489 e. The summed E-state index contributed by atoms with van der Waals surface area (Å²) in [6, 6.07) is 10.1. The molecule has 2 rings (SSSR count). The standard InChI is InChI=1S/C14H11F2NOS/c15-10-2-4-11(5-3-10)18-8-9-1-6-13(16)12(7-9)14(17)19/h1-7H,8H2,(H2,17,19). The first kappa shape index (κ1) is 13.4. The molecule has 2 N–H and O–H groups in total. The fraction of sp³-hybridized carbons (Fsp3) is 0.0714. The third kappa shape index (κ3) is 3.48. The molecule has 0 radical (unpaired) electrons. The van der Waals surface area contributed by atoms with Crippen molar-refractivity contribution in [2.45, 2.75) is 6.61 Å². The molecule has 0 saturated carbocycles. The van der Waals surface area contributed by atoms with Gasteiger partial charge in [0.2, 0.25) is 0 Å². The van der Waals surface area contributed by atoms with Crippen molar-refractivity contribution >= 4 is 17.2 Å². The molecule has 0 aromatic heterocycles. The van der Waals surface area contributed by atoms with Crippen LogP contribution in [-0.4, -0.2) is 4.99 Å². The second-order valence-electron chi connectivity index (χ2n) is 3.92. The molecular weight excluding hydrogens is 268 g/mol. The summed E-state index contributed by atoms with van der Waals surface area (Å²) in [6.07, 6.45) is 0. The summed E-state index contributed by atoms with van der Waals surface area (Å²) in [4.78, 5) is 0.00105. The molecule has 98 valence electrons. The number of hydrogen-bond acceptors (Lipinski definition) is 2. The zero-order valence-electron chi connectivity index (χ0n) is 9.90. The third-order valence-corrected chi connectivity index (χ3v) is 2.74. The van der Waals surface area contributed by atoms with Crippen molar-refractivity contribution in [1.82, 2.24) is 0 Å². The molecule has 2 aromatic rings. The molecule has 2 nitrogen and oxygen atoms in total.